The van der Waals surface area contributed by atoms with Crippen LogP contribution in [0.25, 0.3) is 0 Å². The average molecular weight is 162 g/mol. The Morgan fingerprint density at radius 2 is 1.73 bits per heavy atom. The molecule has 68 valence electrons. The summed E-state index contributed by atoms with van der Waals surface area (Å²) in [6.07, 6.45) is 0. The van der Waals surface area contributed by atoms with Crippen molar-refractivity contribution in [1.82, 2.24) is 5.32 Å². The number of carbonyl (C=O) groups is 1. The van der Waals surface area contributed by atoms with E-state index in [0.29, 0.717) is 0 Å². The van der Waals surface area contributed by atoms with E-state index in [-0.39, 0.29) is 5.92 Å². The number of carboxylic acids is 1. The number of hydrogen-bond donors (Lipinski definition) is 3. The van der Waals surface area contributed by atoms with E-state index < -0.39 is 12.0 Å². The second-order valence-corrected chi connectivity index (χ2v) is 2.61. The Kier molecular flexibility index (Phi) is 8.87. The maximum atomic E-state index is 10.0. The fraction of sp³-hybridized carbons (Fsp3) is 0.857. The molecular weight excluding hydrogens is 144 g/mol. The smallest absolute Gasteiger partial charge is 0.320 e. The minimum Gasteiger partial charge on any atom is -0.480 e. The molecule has 0 saturated carbocycles. The number of rotatable bonds is 2. The molecule has 1 atom stereocenters. The van der Waals surface area contributed by atoms with E-state index in [4.69, 9.17) is 10.8 Å². The first-order valence-electron chi connectivity index (χ1n) is 3.54. The second kappa shape index (κ2) is 7.50. The molecule has 0 aromatic carbocycles. The summed E-state index contributed by atoms with van der Waals surface area (Å²) in [4.78, 5) is 10.0. The molecule has 0 heterocycles. The van der Waals surface area contributed by atoms with Crippen LogP contribution >= 0.6 is 0 Å². The summed E-state index contributed by atoms with van der Waals surface area (Å²) in [5.74, 6) is -0.910. The number of aliphatic carboxylic acids is 1. The van der Waals surface area contributed by atoms with Crippen LogP contribution in [0.15, 0.2) is 0 Å². The topological polar surface area (TPSA) is 75.4 Å². The Morgan fingerprint density at radius 3 is 1.73 bits per heavy atom. The quantitative estimate of drug-likeness (QED) is 0.529. The Labute approximate surface area is 67.8 Å². The molecule has 4 heteroatoms. The molecule has 0 fully saturated rings. The molecule has 0 aliphatic rings. The summed E-state index contributed by atoms with van der Waals surface area (Å²) in [6.45, 7) is 3.55. The van der Waals surface area contributed by atoms with Gasteiger partial charge in [0.15, 0.2) is 0 Å². The third kappa shape index (κ3) is 9.39. The summed E-state index contributed by atoms with van der Waals surface area (Å²) >= 11 is 0. The molecule has 0 rings (SSSR count). The van der Waals surface area contributed by atoms with Gasteiger partial charge in [-0.15, -0.1) is 0 Å². The SMILES string of the molecule is CC(C)[C@H](N)C(=O)O.CNC. The molecule has 0 unspecified atom stereocenters. The van der Waals surface area contributed by atoms with E-state index in [1.807, 2.05) is 14.1 Å². The zero-order valence-corrected chi connectivity index (χ0v) is 7.59. The predicted molar refractivity (Wildman–Crippen MR) is 45.4 cm³/mol. The largest absolute Gasteiger partial charge is 0.480 e. The summed E-state index contributed by atoms with van der Waals surface area (Å²) in [5.41, 5.74) is 5.16. The second-order valence-electron chi connectivity index (χ2n) is 2.61. The van der Waals surface area contributed by atoms with E-state index >= 15 is 0 Å². The highest BCUT2D eigenvalue weighted by Gasteiger charge is 2.14. The number of nitrogens with two attached hydrogens (primary N) is 1. The molecule has 0 aliphatic heterocycles. The van der Waals surface area contributed by atoms with Crippen LogP contribution in [0.3, 0.4) is 0 Å². The monoisotopic (exact) mass is 162 g/mol. The molecule has 0 saturated heterocycles. The van der Waals surface area contributed by atoms with Gasteiger partial charge in [-0.1, -0.05) is 13.8 Å². The first-order chi connectivity index (χ1) is 4.97. The maximum Gasteiger partial charge on any atom is 0.320 e. The van der Waals surface area contributed by atoms with Crippen molar-refractivity contribution in [2.75, 3.05) is 14.1 Å². The fourth-order valence-electron chi connectivity index (χ4n) is 0.285. The summed E-state index contributed by atoms with van der Waals surface area (Å²) in [6, 6.07) is -0.713. The van der Waals surface area contributed by atoms with Crippen molar-refractivity contribution in [2.45, 2.75) is 19.9 Å². The van der Waals surface area contributed by atoms with Crippen molar-refractivity contribution < 1.29 is 9.90 Å². The van der Waals surface area contributed by atoms with Crippen LogP contribution in [0.2, 0.25) is 0 Å². The Morgan fingerprint density at radius 1 is 1.45 bits per heavy atom. The minimum absolute atomic E-state index is 0.0208. The molecule has 0 spiro atoms. The van der Waals surface area contributed by atoms with Crippen molar-refractivity contribution in [3.8, 4) is 0 Å². The molecule has 4 N–H and O–H groups in total. The normalized spacial score (nSPS) is 11.8. The van der Waals surface area contributed by atoms with Crippen LogP contribution in [-0.4, -0.2) is 31.2 Å². The number of carboxylic acid groups (broad SMARTS) is 1. The van der Waals surface area contributed by atoms with Gasteiger partial charge in [-0.05, 0) is 20.0 Å². The van der Waals surface area contributed by atoms with E-state index in [2.05, 4.69) is 5.32 Å². The first kappa shape index (κ1) is 13.0. The van der Waals surface area contributed by atoms with Crippen molar-refractivity contribution >= 4 is 5.97 Å². The van der Waals surface area contributed by atoms with Gasteiger partial charge in [0.2, 0.25) is 0 Å². The third-order valence-electron chi connectivity index (χ3n) is 1.00. The highest BCUT2D eigenvalue weighted by Crippen LogP contribution is 1.96. The lowest BCUT2D eigenvalue weighted by atomic mass is 10.1. The molecular formula is C7H18N2O2. The molecule has 0 aromatic rings. The summed E-state index contributed by atoms with van der Waals surface area (Å²) < 4.78 is 0. The standard InChI is InChI=1S/C5H11NO2.C2H7N/c1-3(2)4(6)5(7)8;1-3-2/h3-4H,6H2,1-2H3,(H,7,8);3H,1-2H3/t4-;/m0./s1. The van der Waals surface area contributed by atoms with Gasteiger partial charge in [-0.3, -0.25) is 4.79 Å². The molecule has 0 aromatic heterocycles. The van der Waals surface area contributed by atoms with Crippen LogP contribution in [0, 0.1) is 5.92 Å². The van der Waals surface area contributed by atoms with E-state index in [1.165, 1.54) is 0 Å². The number of hydrogen-bond acceptors (Lipinski definition) is 3. The van der Waals surface area contributed by atoms with Crippen LogP contribution < -0.4 is 11.1 Å². The summed E-state index contributed by atoms with van der Waals surface area (Å²) in [7, 11) is 3.75. The van der Waals surface area contributed by atoms with Crippen LogP contribution in [0.4, 0.5) is 0 Å². The molecule has 0 amide bonds. The first-order valence-corrected chi connectivity index (χ1v) is 3.54. The van der Waals surface area contributed by atoms with Gasteiger partial charge < -0.3 is 16.2 Å². The van der Waals surface area contributed by atoms with Crippen molar-refractivity contribution in [3.05, 3.63) is 0 Å². The van der Waals surface area contributed by atoms with Crippen molar-refractivity contribution in [1.29, 1.82) is 0 Å². The van der Waals surface area contributed by atoms with Gasteiger partial charge in [-0.2, -0.15) is 0 Å². The maximum absolute atomic E-state index is 10.0. The minimum atomic E-state index is -0.931. The zero-order valence-electron chi connectivity index (χ0n) is 7.59. The van der Waals surface area contributed by atoms with Crippen molar-refractivity contribution in [3.63, 3.8) is 0 Å². The summed E-state index contributed by atoms with van der Waals surface area (Å²) in [5, 5.41) is 11.0. The Hall–Kier alpha value is -0.610. The Bertz CT molecular complexity index is 105. The van der Waals surface area contributed by atoms with Gasteiger partial charge in [0.1, 0.15) is 6.04 Å². The van der Waals surface area contributed by atoms with Gasteiger partial charge >= 0.3 is 5.97 Å². The molecule has 0 bridgehead atoms. The molecule has 0 aliphatic carbocycles. The molecule has 4 nitrogen and oxygen atoms in total. The highest BCUT2D eigenvalue weighted by molar-refractivity contribution is 5.73. The molecule has 0 radical (unpaired) electrons. The zero-order chi connectivity index (χ0) is 9.44. The van der Waals surface area contributed by atoms with E-state index in [1.54, 1.807) is 13.8 Å². The van der Waals surface area contributed by atoms with Crippen molar-refractivity contribution in [2.24, 2.45) is 11.7 Å². The average Bonchev–Trinajstić information content (AvgIpc) is 1.87. The lowest BCUT2D eigenvalue weighted by Gasteiger charge is -2.07. The lowest BCUT2D eigenvalue weighted by Crippen LogP contribution is -2.34. The number of nitrogens with one attached hydrogen (secondary N) is 1. The van der Waals surface area contributed by atoms with Crippen LogP contribution in [0.1, 0.15) is 13.8 Å². The van der Waals surface area contributed by atoms with Gasteiger partial charge in [0.25, 0.3) is 0 Å². The van der Waals surface area contributed by atoms with Gasteiger partial charge in [0.05, 0.1) is 0 Å². The Balaban J connectivity index is 0. The van der Waals surface area contributed by atoms with Gasteiger partial charge in [-0.25, -0.2) is 0 Å². The third-order valence-corrected chi connectivity index (χ3v) is 1.00. The van der Waals surface area contributed by atoms with E-state index in [9.17, 15) is 4.79 Å². The fourth-order valence-corrected chi connectivity index (χ4v) is 0.285. The van der Waals surface area contributed by atoms with Gasteiger partial charge in [0, 0.05) is 0 Å². The highest BCUT2D eigenvalue weighted by atomic mass is 16.4. The predicted octanol–water partition coefficient (Wildman–Crippen LogP) is -0.110. The van der Waals surface area contributed by atoms with Crippen LogP contribution in [-0.2, 0) is 4.79 Å². The van der Waals surface area contributed by atoms with E-state index in [0.717, 1.165) is 0 Å². The molecule has 11 heavy (non-hydrogen) atoms. The van der Waals surface area contributed by atoms with Crippen LogP contribution in [0.5, 0.6) is 0 Å². The lowest BCUT2D eigenvalue weighted by molar-refractivity contribution is -0.139.